The van der Waals surface area contributed by atoms with Crippen LogP contribution in [0.2, 0.25) is 0 Å². The Morgan fingerprint density at radius 1 is 1.33 bits per heavy atom. The van der Waals surface area contributed by atoms with Crippen molar-refractivity contribution in [3.8, 4) is 0 Å². The van der Waals surface area contributed by atoms with Crippen LogP contribution < -0.4 is 5.32 Å². The summed E-state index contributed by atoms with van der Waals surface area (Å²) in [6.45, 7) is 2.12. The number of nitro groups is 1. The molecule has 0 spiro atoms. The normalized spacial score (nSPS) is 17.6. The lowest BCUT2D eigenvalue weighted by Gasteiger charge is -2.24. The van der Waals surface area contributed by atoms with Crippen molar-refractivity contribution in [1.82, 2.24) is 4.98 Å². The number of nitrogens with zero attached hydrogens (tertiary/aromatic N) is 1. The maximum Gasteiger partial charge on any atom is 0.270 e. The Balaban J connectivity index is 1.58. The molecule has 140 valence electrons. The number of benzene rings is 2. The van der Waals surface area contributed by atoms with Gasteiger partial charge in [0.15, 0.2) is 0 Å². The molecule has 3 aromatic rings. The van der Waals surface area contributed by atoms with Crippen molar-refractivity contribution in [2.75, 3.05) is 0 Å². The molecule has 1 aliphatic carbocycles. The number of fused-ring (bicyclic) bond motifs is 3. The molecule has 0 bridgehead atoms. The van der Waals surface area contributed by atoms with Crippen LogP contribution in [0.5, 0.6) is 0 Å². The Kier molecular flexibility index (Phi) is 4.66. The van der Waals surface area contributed by atoms with E-state index in [4.69, 9.17) is 0 Å². The third-order valence-electron chi connectivity index (χ3n) is 5.51. The van der Waals surface area contributed by atoms with Crippen LogP contribution in [-0.2, 0) is 12.8 Å². The van der Waals surface area contributed by atoms with E-state index in [1.54, 1.807) is 24.3 Å². The molecule has 2 atom stereocenters. The van der Waals surface area contributed by atoms with Crippen molar-refractivity contribution in [1.29, 1.82) is 0 Å². The molecule has 0 saturated carbocycles. The van der Waals surface area contributed by atoms with Crippen LogP contribution in [0, 0.1) is 15.9 Å². The Morgan fingerprint density at radius 3 is 2.93 bits per heavy atom. The number of non-ortho nitro benzene ring substituents is 1. The van der Waals surface area contributed by atoms with Crippen LogP contribution in [0.3, 0.4) is 0 Å². The highest BCUT2D eigenvalue weighted by Crippen LogP contribution is 2.34. The summed E-state index contributed by atoms with van der Waals surface area (Å²) < 4.78 is 13.9. The third-order valence-corrected chi connectivity index (χ3v) is 5.51. The molecule has 2 aromatic carbocycles. The van der Waals surface area contributed by atoms with E-state index in [2.05, 4.69) is 17.2 Å². The molecule has 27 heavy (non-hydrogen) atoms. The highest BCUT2D eigenvalue weighted by atomic mass is 19.1. The van der Waals surface area contributed by atoms with E-state index >= 15 is 0 Å². The van der Waals surface area contributed by atoms with E-state index in [1.807, 2.05) is 12.1 Å². The Morgan fingerprint density at radius 2 is 2.15 bits per heavy atom. The molecule has 0 saturated heterocycles. The summed E-state index contributed by atoms with van der Waals surface area (Å²) in [6, 6.07) is 12.4. The lowest BCUT2D eigenvalue weighted by atomic mass is 9.91. The van der Waals surface area contributed by atoms with Crippen LogP contribution in [0.15, 0.2) is 42.5 Å². The van der Waals surface area contributed by atoms with Gasteiger partial charge < -0.3 is 10.3 Å². The maximum absolute atomic E-state index is 13.9. The van der Waals surface area contributed by atoms with Crippen LogP contribution in [0.25, 0.3) is 10.9 Å². The minimum atomic E-state index is -0.345. The number of nitro benzene ring substituents is 1. The summed E-state index contributed by atoms with van der Waals surface area (Å²) in [5, 5.41) is 14.4. The standard InChI is InChI=1S/C21H22FN3O2/c1-13(11-14-5-2-3-7-18(14)22)23-20-8-4-6-16-17-12-15(25(26)27)9-10-19(17)24-21(16)20/h2-3,5,7,9-10,12-13,20,23-24H,4,6,8,11H2,1H3/p+1/t13-,20+/m1/s1. The zero-order valence-electron chi connectivity index (χ0n) is 15.2. The van der Waals surface area contributed by atoms with Gasteiger partial charge in [-0.1, -0.05) is 18.2 Å². The van der Waals surface area contributed by atoms with E-state index in [1.165, 1.54) is 11.6 Å². The van der Waals surface area contributed by atoms with Gasteiger partial charge in [-0.3, -0.25) is 10.1 Å². The van der Waals surface area contributed by atoms with Gasteiger partial charge in [-0.05, 0) is 43.0 Å². The highest BCUT2D eigenvalue weighted by Gasteiger charge is 2.29. The average molecular weight is 368 g/mol. The second-order valence-corrected chi connectivity index (χ2v) is 7.47. The quantitative estimate of drug-likeness (QED) is 0.531. The highest BCUT2D eigenvalue weighted by molar-refractivity contribution is 5.87. The lowest BCUT2D eigenvalue weighted by Crippen LogP contribution is -2.90. The van der Waals surface area contributed by atoms with Gasteiger partial charge in [0.05, 0.1) is 16.7 Å². The molecule has 6 heteroatoms. The van der Waals surface area contributed by atoms with Gasteiger partial charge in [0.2, 0.25) is 0 Å². The van der Waals surface area contributed by atoms with Crippen LogP contribution >= 0.6 is 0 Å². The second kappa shape index (κ2) is 7.12. The molecular weight excluding hydrogens is 345 g/mol. The van der Waals surface area contributed by atoms with Crippen LogP contribution in [0.4, 0.5) is 10.1 Å². The van der Waals surface area contributed by atoms with Crippen molar-refractivity contribution < 1.29 is 14.6 Å². The number of aryl methyl sites for hydroxylation is 1. The summed E-state index contributed by atoms with van der Waals surface area (Å²) >= 11 is 0. The fraction of sp³-hybridized carbons (Fsp3) is 0.333. The summed E-state index contributed by atoms with van der Waals surface area (Å²) in [4.78, 5) is 14.2. The van der Waals surface area contributed by atoms with Gasteiger partial charge >= 0.3 is 0 Å². The van der Waals surface area contributed by atoms with E-state index in [9.17, 15) is 14.5 Å². The predicted molar refractivity (Wildman–Crippen MR) is 102 cm³/mol. The van der Waals surface area contributed by atoms with Gasteiger partial charge in [-0.2, -0.15) is 0 Å². The molecule has 1 heterocycles. The molecule has 0 aliphatic heterocycles. The number of nitrogens with one attached hydrogen (secondary N) is 1. The van der Waals surface area contributed by atoms with Crippen molar-refractivity contribution in [3.05, 3.63) is 75.2 Å². The lowest BCUT2D eigenvalue weighted by molar-refractivity contribution is -0.726. The molecule has 3 N–H and O–H groups in total. The Labute approximate surface area is 156 Å². The number of hydrogen-bond acceptors (Lipinski definition) is 2. The average Bonchev–Trinajstić information content (AvgIpc) is 3.02. The number of aromatic nitrogens is 1. The third kappa shape index (κ3) is 3.45. The zero-order valence-corrected chi connectivity index (χ0v) is 15.2. The van der Waals surface area contributed by atoms with E-state index < -0.39 is 0 Å². The van der Waals surface area contributed by atoms with Crippen molar-refractivity contribution in [2.24, 2.45) is 0 Å². The second-order valence-electron chi connectivity index (χ2n) is 7.47. The monoisotopic (exact) mass is 368 g/mol. The zero-order chi connectivity index (χ0) is 19.0. The molecule has 5 nitrogen and oxygen atoms in total. The van der Waals surface area contributed by atoms with E-state index in [0.29, 0.717) is 6.42 Å². The minimum Gasteiger partial charge on any atom is -0.353 e. The Bertz CT molecular complexity index is 998. The van der Waals surface area contributed by atoms with Crippen molar-refractivity contribution in [2.45, 2.75) is 44.7 Å². The van der Waals surface area contributed by atoms with Gasteiger partial charge in [0, 0.05) is 35.9 Å². The smallest absolute Gasteiger partial charge is 0.270 e. The fourth-order valence-corrected chi connectivity index (χ4v) is 4.27. The first-order valence-corrected chi connectivity index (χ1v) is 9.40. The number of nitrogens with two attached hydrogens (primary N) is 1. The largest absolute Gasteiger partial charge is 0.353 e. The number of rotatable bonds is 5. The Hall–Kier alpha value is -2.73. The number of halogens is 1. The molecule has 0 amide bonds. The summed E-state index contributed by atoms with van der Waals surface area (Å²) in [5.41, 5.74) is 4.18. The SMILES string of the molecule is C[C@H](Cc1ccccc1F)[NH2+][C@H]1CCCc2c1[nH]c1ccc([N+](=O)[O-])cc21. The molecular formula is C21H23FN3O2+. The first kappa shape index (κ1) is 17.7. The summed E-state index contributed by atoms with van der Waals surface area (Å²) in [7, 11) is 0. The molecule has 0 fully saturated rings. The molecule has 1 aromatic heterocycles. The van der Waals surface area contributed by atoms with Gasteiger partial charge in [-0.15, -0.1) is 0 Å². The summed E-state index contributed by atoms with van der Waals surface area (Å²) in [6.07, 6.45) is 3.70. The van der Waals surface area contributed by atoms with Crippen LogP contribution in [-0.4, -0.2) is 15.9 Å². The number of hydrogen-bond donors (Lipinski definition) is 2. The predicted octanol–water partition coefficient (Wildman–Crippen LogP) is 3.79. The topological polar surface area (TPSA) is 75.5 Å². The first-order chi connectivity index (χ1) is 13.0. The van der Waals surface area contributed by atoms with Crippen molar-refractivity contribution in [3.63, 3.8) is 0 Å². The van der Waals surface area contributed by atoms with Crippen molar-refractivity contribution >= 4 is 16.6 Å². The maximum atomic E-state index is 13.9. The van der Waals surface area contributed by atoms with Gasteiger partial charge in [-0.25, -0.2) is 4.39 Å². The molecule has 0 radical (unpaired) electrons. The van der Waals surface area contributed by atoms with E-state index in [0.717, 1.165) is 41.4 Å². The first-order valence-electron chi connectivity index (χ1n) is 9.40. The molecule has 4 rings (SSSR count). The summed E-state index contributed by atoms with van der Waals surface area (Å²) in [5.74, 6) is -0.153. The number of quaternary nitrogens is 1. The number of aromatic amines is 1. The molecule has 1 aliphatic rings. The van der Waals surface area contributed by atoms with E-state index in [-0.39, 0.29) is 28.5 Å². The van der Waals surface area contributed by atoms with Gasteiger partial charge in [0.25, 0.3) is 5.69 Å². The minimum absolute atomic E-state index is 0.128. The van der Waals surface area contributed by atoms with Gasteiger partial charge in [0.1, 0.15) is 11.9 Å². The molecule has 0 unspecified atom stereocenters. The number of H-pyrrole nitrogens is 1. The van der Waals surface area contributed by atoms with Crippen LogP contribution in [0.1, 0.15) is 42.6 Å². The fourth-order valence-electron chi connectivity index (χ4n) is 4.27.